The Morgan fingerprint density at radius 2 is 1.76 bits per heavy atom. The zero-order chi connectivity index (χ0) is 16.2. The minimum Gasteiger partial charge on any atom is -0.477 e. The highest BCUT2D eigenvalue weighted by Gasteiger charge is 2.22. The Morgan fingerprint density at radius 3 is 2.14 bits per heavy atom. The monoisotopic (exact) mass is 294 g/mol. The van der Waals surface area contributed by atoms with Gasteiger partial charge in [-0.3, -0.25) is 10.1 Å². The maximum Gasteiger partial charge on any atom is 0.342 e. The summed E-state index contributed by atoms with van der Waals surface area (Å²) in [6.07, 6.45) is 0. The molecule has 0 aliphatic rings. The number of hydrogen-bond acceptors (Lipinski definition) is 4. The highest BCUT2D eigenvalue weighted by molar-refractivity contribution is 5.93. The summed E-state index contributed by atoms with van der Waals surface area (Å²) in [5.74, 6) is -0.476. The molecule has 1 aromatic rings. The number of hydrogen-bond donors (Lipinski definition) is 1. The lowest BCUT2D eigenvalue weighted by molar-refractivity contribution is -0.385. The summed E-state index contributed by atoms with van der Waals surface area (Å²) in [7, 11) is 0. The molecular weight excluding hydrogens is 272 g/mol. The largest absolute Gasteiger partial charge is 0.477 e. The van der Waals surface area contributed by atoms with Gasteiger partial charge in [0.15, 0.2) is 0 Å². The molecule has 0 aromatic heterocycles. The SMILES string of the molecule is CC(C)CN(CC(C)C)c1ccc(C(=O)O)c([N+](=O)[O-])c1. The van der Waals surface area contributed by atoms with Crippen LogP contribution in [0.2, 0.25) is 0 Å². The Labute approximate surface area is 124 Å². The number of carboxylic acids is 1. The van der Waals surface area contributed by atoms with Crippen LogP contribution in [0.15, 0.2) is 18.2 Å². The average molecular weight is 294 g/mol. The van der Waals surface area contributed by atoms with Crippen LogP contribution in [0.5, 0.6) is 0 Å². The van der Waals surface area contributed by atoms with Gasteiger partial charge in [0.1, 0.15) is 5.56 Å². The van der Waals surface area contributed by atoms with Crippen molar-refractivity contribution in [1.29, 1.82) is 0 Å². The van der Waals surface area contributed by atoms with Gasteiger partial charge in [-0.1, -0.05) is 27.7 Å². The third kappa shape index (κ3) is 4.73. The van der Waals surface area contributed by atoms with Gasteiger partial charge in [0.2, 0.25) is 0 Å². The standard InChI is InChI=1S/C15H22N2O4/c1-10(2)8-16(9-11(3)4)12-5-6-13(15(18)19)14(7-12)17(20)21/h5-7,10-11H,8-9H2,1-4H3,(H,18,19). The van der Waals surface area contributed by atoms with Crippen molar-refractivity contribution >= 4 is 17.3 Å². The number of nitro groups is 1. The Balaban J connectivity index is 3.22. The molecule has 0 fully saturated rings. The van der Waals surface area contributed by atoms with Crippen molar-refractivity contribution in [3.05, 3.63) is 33.9 Å². The van der Waals surface area contributed by atoms with Gasteiger partial charge >= 0.3 is 5.97 Å². The van der Waals surface area contributed by atoms with Crippen molar-refractivity contribution in [2.45, 2.75) is 27.7 Å². The van der Waals surface area contributed by atoms with E-state index in [0.717, 1.165) is 13.1 Å². The van der Waals surface area contributed by atoms with Gasteiger partial charge < -0.3 is 10.0 Å². The number of benzene rings is 1. The molecule has 6 heteroatoms. The molecule has 0 bridgehead atoms. The van der Waals surface area contributed by atoms with Gasteiger partial charge in [-0.15, -0.1) is 0 Å². The predicted molar refractivity (Wildman–Crippen MR) is 81.9 cm³/mol. The molecule has 116 valence electrons. The van der Waals surface area contributed by atoms with Crippen molar-refractivity contribution in [3.63, 3.8) is 0 Å². The molecule has 21 heavy (non-hydrogen) atoms. The lowest BCUT2D eigenvalue weighted by Gasteiger charge is -2.28. The van der Waals surface area contributed by atoms with Crippen LogP contribution < -0.4 is 4.90 Å². The van der Waals surface area contributed by atoms with E-state index >= 15 is 0 Å². The molecule has 0 amide bonds. The van der Waals surface area contributed by atoms with Crippen LogP contribution in [0, 0.1) is 22.0 Å². The molecule has 0 heterocycles. The van der Waals surface area contributed by atoms with E-state index in [1.807, 2.05) is 0 Å². The van der Waals surface area contributed by atoms with E-state index in [1.54, 1.807) is 6.07 Å². The van der Waals surface area contributed by atoms with Crippen molar-refractivity contribution < 1.29 is 14.8 Å². The molecule has 0 radical (unpaired) electrons. The number of carbonyl (C=O) groups is 1. The van der Waals surface area contributed by atoms with Gasteiger partial charge in [-0.05, 0) is 24.0 Å². The first-order valence-corrected chi connectivity index (χ1v) is 6.99. The number of nitrogens with zero attached hydrogens (tertiary/aromatic N) is 2. The Bertz CT molecular complexity index is 516. The second-order valence-corrected chi connectivity index (χ2v) is 5.96. The van der Waals surface area contributed by atoms with Gasteiger partial charge in [0, 0.05) is 24.8 Å². The number of aromatic carboxylic acids is 1. The molecule has 0 aliphatic carbocycles. The third-order valence-corrected chi connectivity index (χ3v) is 2.94. The highest BCUT2D eigenvalue weighted by Crippen LogP contribution is 2.27. The predicted octanol–water partition coefficient (Wildman–Crippen LogP) is 3.41. The summed E-state index contributed by atoms with van der Waals surface area (Å²) in [6, 6.07) is 4.30. The lowest BCUT2D eigenvalue weighted by atomic mass is 10.1. The van der Waals surface area contributed by atoms with E-state index in [9.17, 15) is 14.9 Å². The topological polar surface area (TPSA) is 83.7 Å². The Kier molecular flexibility index (Phi) is 5.69. The molecule has 1 N–H and O–H groups in total. The normalized spacial score (nSPS) is 11.0. The number of anilines is 1. The van der Waals surface area contributed by atoms with E-state index in [4.69, 9.17) is 5.11 Å². The second kappa shape index (κ2) is 7.06. The van der Waals surface area contributed by atoms with Crippen LogP contribution in [-0.4, -0.2) is 29.1 Å². The smallest absolute Gasteiger partial charge is 0.342 e. The molecule has 0 saturated carbocycles. The van der Waals surface area contributed by atoms with E-state index in [1.165, 1.54) is 12.1 Å². The van der Waals surface area contributed by atoms with Crippen LogP contribution in [0.3, 0.4) is 0 Å². The first-order chi connectivity index (χ1) is 9.72. The zero-order valence-electron chi connectivity index (χ0n) is 12.9. The van der Waals surface area contributed by atoms with Gasteiger partial charge in [0.05, 0.1) is 4.92 Å². The fourth-order valence-electron chi connectivity index (χ4n) is 2.22. The third-order valence-electron chi connectivity index (χ3n) is 2.94. The zero-order valence-corrected chi connectivity index (χ0v) is 12.9. The maximum atomic E-state index is 11.1. The van der Waals surface area contributed by atoms with Crippen molar-refractivity contribution in [3.8, 4) is 0 Å². The van der Waals surface area contributed by atoms with E-state index < -0.39 is 10.9 Å². The summed E-state index contributed by atoms with van der Waals surface area (Å²) >= 11 is 0. The van der Waals surface area contributed by atoms with Crippen LogP contribution in [0.1, 0.15) is 38.1 Å². The molecule has 0 spiro atoms. The summed E-state index contributed by atoms with van der Waals surface area (Å²) in [6.45, 7) is 9.84. The summed E-state index contributed by atoms with van der Waals surface area (Å²) in [4.78, 5) is 23.5. The van der Waals surface area contributed by atoms with Gasteiger partial charge in [0.25, 0.3) is 5.69 Å². The van der Waals surface area contributed by atoms with Crippen LogP contribution in [0.4, 0.5) is 11.4 Å². The first-order valence-electron chi connectivity index (χ1n) is 6.99. The van der Waals surface area contributed by atoms with E-state index in [2.05, 4.69) is 32.6 Å². The molecule has 1 aromatic carbocycles. The summed E-state index contributed by atoms with van der Waals surface area (Å²) < 4.78 is 0. The summed E-state index contributed by atoms with van der Waals surface area (Å²) in [5.41, 5.74) is 0.0457. The van der Waals surface area contributed by atoms with Gasteiger partial charge in [-0.2, -0.15) is 0 Å². The van der Waals surface area contributed by atoms with Crippen molar-refractivity contribution in [1.82, 2.24) is 0 Å². The van der Waals surface area contributed by atoms with E-state index in [-0.39, 0.29) is 11.3 Å². The molecule has 0 unspecified atom stereocenters. The lowest BCUT2D eigenvalue weighted by Crippen LogP contribution is -2.31. The summed E-state index contributed by atoms with van der Waals surface area (Å²) in [5, 5.41) is 20.1. The van der Waals surface area contributed by atoms with Crippen LogP contribution in [0.25, 0.3) is 0 Å². The second-order valence-electron chi connectivity index (χ2n) is 5.96. The minimum atomic E-state index is -1.28. The minimum absolute atomic E-state index is 0.280. The molecule has 6 nitrogen and oxygen atoms in total. The number of nitro benzene ring substituents is 1. The molecule has 1 rings (SSSR count). The van der Waals surface area contributed by atoms with Crippen molar-refractivity contribution in [2.75, 3.05) is 18.0 Å². The van der Waals surface area contributed by atoms with E-state index in [0.29, 0.717) is 17.5 Å². The molecular formula is C15H22N2O4. The quantitative estimate of drug-likeness (QED) is 0.615. The fourth-order valence-corrected chi connectivity index (χ4v) is 2.22. The number of rotatable bonds is 7. The highest BCUT2D eigenvalue weighted by atomic mass is 16.6. The molecule has 0 aliphatic heterocycles. The van der Waals surface area contributed by atoms with Crippen molar-refractivity contribution in [2.24, 2.45) is 11.8 Å². The molecule has 0 atom stereocenters. The Morgan fingerprint density at radius 1 is 1.24 bits per heavy atom. The maximum absolute atomic E-state index is 11.1. The molecule has 0 saturated heterocycles. The van der Waals surface area contributed by atoms with Gasteiger partial charge in [-0.25, -0.2) is 4.79 Å². The van der Waals surface area contributed by atoms with Crippen LogP contribution in [-0.2, 0) is 0 Å². The van der Waals surface area contributed by atoms with Crippen LogP contribution >= 0.6 is 0 Å². The fraction of sp³-hybridized carbons (Fsp3) is 0.533. The first kappa shape index (κ1) is 16.9. The Hall–Kier alpha value is -2.11. The number of carboxylic acid groups (broad SMARTS) is 1. The average Bonchev–Trinajstić information content (AvgIpc) is 2.35.